The van der Waals surface area contributed by atoms with Gasteiger partial charge in [0.25, 0.3) is 0 Å². The van der Waals surface area contributed by atoms with E-state index in [0.29, 0.717) is 11.1 Å². The molecule has 0 amide bonds. The van der Waals surface area contributed by atoms with Gasteiger partial charge in [0.2, 0.25) is 0 Å². The van der Waals surface area contributed by atoms with Crippen molar-refractivity contribution in [1.29, 1.82) is 0 Å². The number of halogens is 1. The van der Waals surface area contributed by atoms with Gasteiger partial charge >= 0.3 is 0 Å². The summed E-state index contributed by atoms with van der Waals surface area (Å²) in [6.07, 6.45) is 2.27. The van der Waals surface area contributed by atoms with E-state index >= 15 is 0 Å². The molecule has 0 fully saturated rings. The molecule has 0 aromatic carbocycles. The molecule has 1 aromatic rings. The van der Waals surface area contributed by atoms with Crippen LogP contribution in [0.5, 0.6) is 5.75 Å². The molecule has 1 rings (SSSR count). The number of rotatable bonds is 4. The van der Waals surface area contributed by atoms with Gasteiger partial charge in [0, 0.05) is 17.8 Å². The van der Waals surface area contributed by atoms with Crippen molar-refractivity contribution in [2.45, 2.75) is 32.6 Å². The first kappa shape index (κ1) is 11.3. The van der Waals surface area contributed by atoms with E-state index in [-0.39, 0.29) is 0 Å². The van der Waals surface area contributed by atoms with Gasteiger partial charge in [-0.2, -0.15) is 0 Å². The molecule has 0 saturated heterocycles. The van der Waals surface area contributed by atoms with Gasteiger partial charge in [-0.25, -0.2) is 4.98 Å². The van der Waals surface area contributed by atoms with Crippen molar-refractivity contribution >= 4 is 11.6 Å². The summed E-state index contributed by atoms with van der Waals surface area (Å²) < 4.78 is 5.14. The summed E-state index contributed by atoms with van der Waals surface area (Å²) in [5.74, 6) is 1.22. The van der Waals surface area contributed by atoms with E-state index in [1.807, 2.05) is 6.07 Å². The summed E-state index contributed by atoms with van der Waals surface area (Å²) >= 11 is 5.88. The summed E-state index contributed by atoms with van der Waals surface area (Å²) in [6.45, 7) is 4.32. The normalized spacial score (nSPS) is 12.6. The number of nitrogens with zero attached hydrogens (tertiary/aromatic N) is 1. The Bertz CT molecular complexity index is 301. The maximum Gasteiger partial charge on any atom is 0.133 e. The van der Waals surface area contributed by atoms with Gasteiger partial charge in [0.05, 0.1) is 7.11 Å². The molecule has 1 heterocycles. The molecular weight excluding hydrogens is 198 g/mol. The zero-order valence-corrected chi connectivity index (χ0v) is 9.64. The predicted molar refractivity (Wildman–Crippen MR) is 59.1 cm³/mol. The number of hydrogen-bond acceptors (Lipinski definition) is 2. The van der Waals surface area contributed by atoms with E-state index < -0.39 is 0 Å². The molecule has 14 heavy (non-hydrogen) atoms. The van der Waals surface area contributed by atoms with Gasteiger partial charge in [0.1, 0.15) is 10.9 Å². The molecule has 0 bridgehead atoms. The fourth-order valence-corrected chi connectivity index (χ4v) is 1.65. The molecule has 1 atom stereocenters. The SMILES string of the molecule is CCCC(C)c1cc(OC)cc(Cl)n1. The van der Waals surface area contributed by atoms with Crippen molar-refractivity contribution < 1.29 is 4.74 Å². The van der Waals surface area contributed by atoms with Crippen LogP contribution in [-0.4, -0.2) is 12.1 Å². The maximum atomic E-state index is 5.88. The zero-order chi connectivity index (χ0) is 10.6. The minimum atomic E-state index is 0.438. The predicted octanol–water partition coefficient (Wildman–Crippen LogP) is 3.65. The van der Waals surface area contributed by atoms with Crippen LogP contribution in [0.1, 0.15) is 38.3 Å². The van der Waals surface area contributed by atoms with E-state index in [0.717, 1.165) is 24.3 Å². The Morgan fingerprint density at radius 3 is 2.79 bits per heavy atom. The molecule has 0 aliphatic carbocycles. The number of ether oxygens (including phenoxy) is 1. The Morgan fingerprint density at radius 2 is 2.21 bits per heavy atom. The first-order valence-corrected chi connectivity index (χ1v) is 5.26. The highest BCUT2D eigenvalue weighted by Crippen LogP contribution is 2.25. The molecular formula is C11H16ClNO. The van der Waals surface area contributed by atoms with Crippen LogP contribution >= 0.6 is 11.6 Å². The standard InChI is InChI=1S/C11H16ClNO/c1-4-5-8(2)10-6-9(14-3)7-11(12)13-10/h6-8H,4-5H2,1-3H3. The summed E-state index contributed by atoms with van der Waals surface area (Å²) in [5.41, 5.74) is 1.01. The summed E-state index contributed by atoms with van der Waals surface area (Å²) in [4.78, 5) is 4.29. The number of aromatic nitrogens is 1. The molecule has 0 aliphatic heterocycles. The zero-order valence-electron chi connectivity index (χ0n) is 8.88. The van der Waals surface area contributed by atoms with Gasteiger partial charge in [0.15, 0.2) is 0 Å². The van der Waals surface area contributed by atoms with Crippen molar-refractivity contribution in [1.82, 2.24) is 4.98 Å². The van der Waals surface area contributed by atoms with Crippen LogP contribution in [0.3, 0.4) is 0 Å². The maximum absolute atomic E-state index is 5.88. The van der Waals surface area contributed by atoms with Gasteiger partial charge in [-0.15, -0.1) is 0 Å². The molecule has 1 aromatic heterocycles. The van der Waals surface area contributed by atoms with E-state index in [2.05, 4.69) is 18.8 Å². The fraction of sp³-hybridized carbons (Fsp3) is 0.545. The molecule has 0 aliphatic rings. The Kier molecular flexibility index (Phi) is 4.21. The van der Waals surface area contributed by atoms with E-state index in [4.69, 9.17) is 16.3 Å². The van der Waals surface area contributed by atoms with E-state index in [9.17, 15) is 0 Å². The van der Waals surface area contributed by atoms with Crippen LogP contribution in [0.15, 0.2) is 12.1 Å². The van der Waals surface area contributed by atoms with E-state index in [1.165, 1.54) is 0 Å². The number of hydrogen-bond donors (Lipinski definition) is 0. The quantitative estimate of drug-likeness (QED) is 0.713. The summed E-state index contributed by atoms with van der Waals surface area (Å²) in [7, 11) is 1.64. The molecule has 0 saturated carbocycles. The lowest BCUT2D eigenvalue weighted by Gasteiger charge is -2.11. The lowest BCUT2D eigenvalue weighted by molar-refractivity contribution is 0.413. The van der Waals surface area contributed by atoms with Crippen molar-refractivity contribution in [3.05, 3.63) is 23.0 Å². The third kappa shape index (κ3) is 2.88. The van der Waals surface area contributed by atoms with Gasteiger partial charge in [-0.05, 0) is 12.3 Å². The second kappa shape index (κ2) is 5.20. The van der Waals surface area contributed by atoms with Crippen molar-refractivity contribution in [3.8, 4) is 5.75 Å². The Hall–Kier alpha value is -0.760. The second-order valence-corrected chi connectivity index (χ2v) is 3.83. The molecule has 0 N–H and O–H groups in total. The van der Waals surface area contributed by atoms with Crippen molar-refractivity contribution in [3.63, 3.8) is 0 Å². The van der Waals surface area contributed by atoms with Crippen LogP contribution < -0.4 is 4.74 Å². The first-order chi connectivity index (χ1) is 6.67. The smallest absolute Gasteiger partial charge is 0.133 e. The Labute approximate surface area is 90.3 Å². The summed E-state index contributed by atoms with van der Waals surface area (Å²) in [5, 5.41) is 0.502. The fourth-order valence-electron chi connectivity index (χ4n) is 1.44. The van der Waals surface area contributed by atoms with Crippen LogP contribution in [0.4, 0.5) is 0 Å². The Morgan fingerprint density at radius 1 is 1.50 bits per heavy atom. The number of pyridine rings is 1. The molecule has 0 radical (unpaired) electrons. The highest BCUT2D eigenvalue weighted by Gasteiger charge is 2.08. The molecule has 3 heteroatoms. The van der Waals surface area contributed by atoms with Crippen LogP contribution in [0, 0.1) is 0 Å². The lowest BCUT2D eigenvalue weighted by Crippen LogP contribution is -1.98. The molecule has 78 valence electrons. The van der Waals surface area contributed by atoms with Crippen LogP contribution in [0.2, 0.25) is 5.15 Å². The Balaban J connectivity index is 2.90. The van der Waals surface area contributed by atoms with Gasteiger partial charge in [-0.1, -0.05) is 31.9 Å². The topological polar surface area (TPSA) is 22.1 Å². The molecule has 1 unspecified atom stereocenters. The lowest BCUT2D eigenvalue weighted by atomic mass is 10.0. The van der Waals surface area contributed by atoms with Crippen LogP contribution in [0.25, 0.3) is 0 Å². The minimum absolute atomic E-state index is 0.438. The van der Waals surface area contributed by atoms with Crippen molar-refractivity contribution in [2.75, 3.05) is 7.11 Å². The monoisotopic (exact) mass is 213 g/mol. The minimum Gasteiger partial charge on any atom is -0.497 e. The average molecular weight is 214 g/mol. The molecule has 0 spiro atoms. The highest BCUT2D eigenvalue weighted by molar-refractivity contribution is 6.29. The highest BCUT2D eigenvalue weighted by atomic mass is 35.5. The summed E-state index contributed by atoms with van der Waals surface area (Å²) in [6, 6.07) is 3.68. The van der Waals surface area contributed by atoms with Gasteiger partial charge in [-0.3, -0.25) is 0 Å². The molecule has 2 nitrogen and oxygen atoms in total. The van der Waals surface area contributed by atoms with E-state index in [1.54, 1.807) is 13.2 Å². The largest absolute Gasteiger partial charge is 0.497 e. The first-order valence-electron chi connectivity index (χ1n) is 4.88. The van der Waals surface area contributed by atoms with Gasteiger partial charge < -0.3 is 4.74 Å². The van der Waals surface area contributed by atoms with Crippen molar-refractivity contribution in [2.24, 2.45) is 0 Å². The third-order valence-corrected chi connectivity index (χ3v) is 2.44. The average Bonchev–Trinajstić information content (AvgIpc) is 2.17. The second-order valence-electron chi connectivity index (χ2n) is 3.44. The number of methoxy groups -OCH3 is 1. The third-order valence-electron chi connectivity index (χ3n) is 2.25. The van der Waals surface area contributed by atoms with Crippen LogP contribution in [-0.2, 0) is 0 Å².